The Balaban J connectivity index is 2.64. The molecule has 13 heavy (non-hydrogen) atoms. The Labute approximate surface area is 81.1 Å². The molecular weight excluding hydrogens is 160 g/mol. The first kappa shape index (κ1) is 10.4. The lowest BCUT2D eigenvalue weighted by Gasteiger charge is -2.13. The molecule has 0 fully saturated rings. The van der Waals surface area contributed by atoms with Crippen LogP contribution in [-0.4, -0.2) is 0 Å². The summed E-state index contributed by atoms with van der Waals surface area (Å²) in [6.45, 7) is 8.74. The SMILES string of the molecule is CCCCc1coc(C(C)(C)C)c1. The Morgan fingerprint density at radius 1 is 1.31 bits per heavy atom. The summed E-state index contributed by atoms with van der Waals surface area (Å²) in [5.74, 6) is 1.10. The predicted octanol–water partition coefficient (Wildman–Crippen LogP) is 3.92. The zero-order chi connectivity index (χ0) is 9.90. The number of aryl methyl sites for hydroxylation is 1. The van der Waals surface area contributed by atoms with Gasteiger partial charge in [-0.3, -0.25) is 0 Å². The van der Waals surface area contributed by atoms with Crippen molar-refractivity contribution in [2.24, 2.45) is 0 Å². The first-order chi connectivity index (χ1) is 6.04. The van der Waals surface area contributed by atoms with Gasteiger partial charge in [0.25, 0.3) is 0 Å². The Morgan fingerprint density at radius 3 is 2.46 bits per heavy atom. The highest BCUT2D eigenvalue weighted by atomic mass is 16.3. The van der Waals surface area contributed by atoms with Crippen molar-refractivity contribution in [1.29, 1.82) is 0 Å². The molecule has 0 aliphatic heterocycles. The van der Waals surface area contributed by atoms with Gasteiger partial charge in [-0.1, -0.05) is 34.1 Å². The van der Waals surface area contributed by atoms with Gasteiger partial charge < -0.3 is 4.42 Å². The number of unbranched alkanes of at least 4 members (excludes halogenated alkanes) is 1. The largest absolute Gasteiger partial charge is 0.469 e. The van der Waals surface area contributed by atoms with Crippen molar-refractivity contribution in [3.8, 4) is 0 Å². The van der Waals surface area contributed by atoms with Crippen molar-refractivity contribution in [1.82, 2.24) is 0 Å². The first-order valence-corrected chi connectivity index (χ1v) is 5.12. The molecule has 0 unspecified atom stereocenters. The predicted molar refractivity (Wildman–Crippen MR) is 56.0 cm³/mol. The second kappa shape index (κ2) is 3.99. The van der Waals surface area contributed by atoms with Crippen LogP contribution in [0, 0.1) is 0 Å². The van der Waals surface area contributed by atoms with Crippen LogP contribution in [0.4, 0.5) is 0 Å². The Hall–Kier alpha value is -0.720. The van der Waals surface area contributed by atoms with Gasteiger partial charge in [0.15, 0.2) is 0 Å². The second-order valence-corrected chi connectivity index (χ2v) is 4.67. The molecule has 1 aromatic rings. The maximum atomic E-state index is 5.53. The molecule has 1 heteroatoms. The van der Waals surface area contributed by atoms with E-state index in [1.807, 2.05) is 6.26 Å². The number of rotatable bonds is 3. The van der Waals surface area contributed by atoms with Gasteiger partial charge in [0.1, 0.15) is 5.76 Å². The molecule has 0 saturated carbocycles. The van der Waals surface area contributed by atoms with Crippen molar-refractivity contribution in [3.05, 3.63) is 23.7 Å². The third-order valence-corrected chi connectivity index (χ3v) is 2.21. The fourth-order valence-electron chi connectivity index (χ4n) is 1.28. The number of furan rings is 1. The van der Waals surface area contributed by atoms with Gasteiger partial charge in [0.05, 0.1) is 6.26 Å². The summed E-state index contributed by atoms with van der Waals surface area (Å²) in [6, 6.07) is 2.19. The van der Waals surface area contributed by atoms with E-state index in [0.29, 0.717) is 0 Å². The second-order valence-electron chi connectivity index (χ2n) is 4.67. The molecule has 0 atom stereocenters. The van der Waals surface area contributed by atoms with E-state index in [2.05, 4.69) is 33.8 Å². The summed E-state index contributed by atoms with van der Waals surface area (Å²) >= 11 is 0. The minimum absolute atomic E-state index is 0.143. The topological polar surface area (TPSA) is 13.1 Å². The van der Waals surface area contributed by atoms with Gasteiger partial charge in [-0.25, -0.2) is 0 Å². The van der Waals surface area contributed by atoms with E-state index in [9.17, 15) is 0 Å². The summed E-state index contributed by atoms with van der Waals surface area (Å²) < 4.78 is 5.53. The molecule has 0 saturated heterocycles. The highest BCUT2D eigenvalue weighted by Crippen LogP contribution is 2.24. The van der Waals surface area contributed by atoms with E-state index < -0.39 is 0 Å². The van der Waals surface area contributed by atoms with E-state index in [0.717, 1.165) is 12.2 Å². The van der Waals surface area contributed by atoms with E-state index in [1.165, 1.54) is 18.4 Å². The van der Waals surface area contributed by atoms with Crippen molar-refractivity contribution >= 4 is 0 Å². The van der Waals surface area contributed by atoms with Gasteiger partial charge in [-0.05, 0) is 24.5 Å². The highest BCUT2D eigenvalue weighted by Gasteiger charge is 2.17. The lowest BCUT2D eigenvalue weighted by molar-refractivity contribution is 0.409. The third kappa shape index (κ3) is 2.91. The lowest BCUT2D eigenvalue weighted by Crippen LogP contribution is -2.09. The molecule has 0 aromatic carbocycles. The summed E-state index contributed by atoms with van der Waals surface area (Å²) in [4.78, 5) is 0. The smallest absolute Gasteiger partial charge is 0.109 e. The quantitative estimate of drug-likeness (QED) is 0.687. The van der Waals surface area contributed by atoms with Crippen LogP contribution >= 0.6 is 0 Å². The molecule has 0 radical (unpaired) electrons. The Morgan fingerprint density at radius 2 is 2.00 bits per heavy atom. The fraction of sp³-hybridized carbons (Fsp3) is 0.667. The molecule has 74 valence electrons. The summed E-state index contributed by atoms with van der Waals surface area (Å²) in [5, 5.41) is 0. The van der Waals surface area contributed by atoms with Gasteiger partial charge >= 0.3 is 0 Å². The van der Waals surface area contributed by atoms with E-state index >= 15 is 0 Å². The zero-order valence-electron chi connectivity index (χ0n) is 9.18. The van der Waals surface area contributed by atoms with Crippen LogP contribution in [0.3, 0.4) is 0 Å². The van der Waals surface area contributed by atoms with Crippen LogP contribution in [0.5, 0.6) is 0 Å². The lowest BCUT2D eigenvalue weighted by atomic mass is 9.93. The minimum atomic E-state index is 0.143. The van der Waals surface area contributed by atoms with Crippen molar-refractivity contribution < 1.29 is 4.42 Å². The average Bonchev–Trinajstić information content (AvgIpc) is 2.47. The van der Waals surface area contributed by atoms with Gasteiger partial charge in [0, 0.05) is 5.41 Å². The normalized spacial score (nSPS) is 12.0. The Bertz CT molecular complexity index is 252. The number of hydrogen-bond donors (Lipinski definition) is 0. The molecule has 0 aliphatic carbocycles. The molecule has 0 aliphatic rings. The van der Waals surface area contributed by atoms with Crippen molar-refractivity contribution in [3.63, 3.8) is 0 Å². The summed E-state index contributed by atoms with van der Waals surface area (Å²) in [7, 11) is 0. The van der Waals surface area contributed by atoms with E-state index in [4.69, 9.17) is 4.42 Å². The van der Waals surface area contributed by atoms with Crippen LogP contribution in [0.15, 0.2) is 16.7 Å². The van der Waals surface area contributed by atoms with E-state index in [-0.39, 0.29) is 5.41 Å². The summed E-state index contributed by atoms with van der Waals surface area (Å²) in [5.41, 5.74) is 1.48. The molecule has 1 heterocycles. The highest BCUT2D eigenvalue weighted by molar-refractivity contribution is 5.18. The average molecular weight is 180 g/mol. The van der Waals surface area contributed by atoms with Crippen molar-refractivity contribution in [2.45, 2.75) is 52.4 Å². The standard InChI is InChI=1S/C12H20O/c1-5-6-7-10-8-11(13-9-10)12(2,3)4/h8-9H,5-7H2,1-4H3. The van der Waals surface area contributed by atoms with Crippen LogP contribution in [-0.2, 0) is 11.8 Å². The molecule has 1 aromatic heterocycles. The van der Waals surface area contributed by atoms with Crippen LogP contribution in [0.2, 0.25) is 0 Å². The maximum Gasteiger partial charge on any atom is 0.109 e. The molecular formula is C12H20O. The maximum absolute atomic E-state index is 5.53. The minimum Gasteiger partial charge on any atom is -0.469 e. The van der Waals surface area contributed by atoms with Crippen LogP contribution in [0.1, 0.15) is 51.9 Å². The first-order valence-electron chi connectivity index (χ1n) is 5.12. The summed E-state index contributed by atoms with van der Waals surface area (Å²) in [6.07, 6.45) is 5.55. The molecule has 0 N–H and O–H groups in total. The van der Waals surface area contributed by atoms with Crippen molar-refractivity contribution in [2.75, 3.05) is 0 Å². The van der Waals surface area contributed by atoms with Gasteiger partial charge in [-0.15, -0.1) is 0 Å². The number of hydrogen-bond acceptors (Lipinski definition) is 1. The molecule has 1 rings (SSSR count). The van der Waals surface area contributed by atoms with Gasteiger partial charge in [-0.2, -0.15) is 0 Å². The fourth-order valence-corrected chi connectivity index (χ4v) is 1.28. The Kier molecular flexibility index (Phi) is 3.18. The third-order valence-electron chi connectivity index (χ3n) is 2.21. The molecule has 0 amide bonds. The molecule has 0 bridgehead atoms. The molecule has 0 spiro atoms. The van der Waals surface area contributed by atoms with Gasteiger partial charge in [0.2, 0.25) is 0 Å². The monoisotopic (exact) mass is 180 g/mol. The zero-order valence-corrected chi connectivity index (χ0v) is 9.18. The van der Waals surface area contributed by atoms with Crippen LogP contribution in [0.25, 0.3) is 0 Å². The molecule has 1 nitrogen and oxygen atoms in total. The van der Waals surface area contributed by atoms with E-state index in [1.54, 1.807) is 0 Å². The van der Waals surface area contributed by atoms with Crippen LogP contribution < -0.4 is 0 Å².